The summed E-state index contributed by atoms with van der Waals surface area (Å²) in [4.78, 5) is 6.24. The van der Waals surface area contributed by atoms with Crippen molar-refractivity contribution in [3.05, 3.63) is 53.3 Å². The predicted molar refractivity (Wildman–Crippen MR) is 72.1 cm³/mol. The van der Waals surface area contributed by atoms with Gasteiger partial charge in [-0.25, -0.2) is 4.98 Å². The van der Waals surface area contributed by atoms with Crippen LogP contribution in [0.1, 0.15) is 5.56 Å². The van der Waals surface area contributed by atoms with Gasteiger partial charge in [-0.05, 0) is 37.4 Å². The zero-order valence-electron chi connectivity index (χ0n) is 10.0. The Morgan fingerprint density at radius 2 is 1.65 bits per heavy atom. The second-order valence-corrected chi connectivity index (χ2v) is 4.69. The molecule has 0 unspecified atom stereocenters. The Bertz CT molecular complexity index is 475. The van der Waals surface area contributed by atoms with E-state index in [1.807, 2.05) is 12.1 Å². The summed E-state index contributed by atoms with van der Waals surface area (Å²) >= 11 is 5.77. The minimum absolute atomic E-state index is 0.526. The molecule has 1 heterocycles. The molecule has 88 valence electrons. The SMILES string of the molecule is CN(C)Cc1ccc(-c2ccc(Cl)nc2)cc1. The molecule has 0 amide bonds. The molecule has 0 fully saturated rings. The quantitative estimate of drug-likeness (QED) is 0.771. The van der Waals surface area contributed by atoms with Crippen molar-refractivity contribution in [2.75, 3.05) is 14.1 Å². The summed E-state index contributed by atoms with van der Waals surface area (Å²) in [6.45, 7) is 0.957. The van der Waals surface area contributed by atoms with Gasteiger partial charge in [0.25, 0.3) is 0 Å². The van der Waals surface area contributed by atoms with Crippen molar-refractivity contribution in [2.45, 2.75) is 6.54 Å². The van der Waals surface area contributed by atoms with Gasteiger partial charge in [-0.3, -0.25) is 0 Å². The standard InChI is InChI=1S/C14H15ClN2/c1-17(2)10-11-3-5-12(6-4-11)13-7-8-14(15)16-9-13/h3-9H,10H2,1-2H3. The van der Waals surface area contributed by atoms with Gasteiger partial charge in [0, 0.05) is 18.3 Å². The van der Waals surface area contributed by atoms with E-state index >= 15 is 0 Å². The lowest BCUT2D eigenvalue weighted by Gasteiger charge is -2.10. The first-order valence-corrected chi connectivity index (χ1v) is 5.88. The summed E-state index contributed by atoms with van der Waals surface area (Å²) in [5.41, 5.74) is 3.56. The highest BCUT2D eigenvalue weighted by molar-refractivity contribution is 6.29. The minimum atomic E-state index is 0.526. The predicted octanol–water partition coefficient (Wildman–Crippen LogP) is 3.46. The molecule has 0 saturated heterocycles. The highest BCUT2D eigenvalue weighted by Gasteiger charge is 1.99. The van der Waals surface area contributed by atoms with E-state index in [2.05, 4.69) is 48.2 Å². The van der Waals surface area contributed by atoms with Crippen LogP contribution in [0.2, 0.25) is 5.15 Å². The van der Waals surface area contributed by atoms with E-state index in [0.29, 0.717) is 5.15 Å². The van der Waals surface area contributed by atoms with Crippen LogP contribution in [0.3, 0.4) is 0 Å². The van der Waals surface area contributed by atoms with Crippen LogP contribution < -0.4 is 0 Å². The lowest BCUT2D eigenvalue weighted by atomic mass is 10.1. The van der Waals surface area contributed by atoms with E-state index in [-0.39, 0.29) is 0 Å². The molecule has 0 N–H and O–H groups in total. The molecule has 3 heteroatoms. The molecule has 2 nitrogen and oxygen atoms in total. The van der Waals surface area contributed by atoms with Crippen molar-refractivity contribution in [1.82, 2.24) is 9.88 Å². The van der Waals surface area contributed by atoms with E-state index in [1.165, 1.54) is 5.56 Å². The van der Waals surface area contributed by atoms with Crippen molar-refractivity contribution in [1.29, 1.82) is 0 Å². The fourth-order valence-electron chi connectivity index (χ4n) is 1.71. The molecule has 2 rings (SSSR count). The van der Waals surface area contributed by atoms with Gasteiger partial charge in [0.1, 0.15) is 5.15 Å². The number of pyridine rings is 1. The van der Waals surface area contributed by atoms with Crippen LogP contribution in [0, 0.1) is 0 Å². The Kier molecular flexibility index (Phi) is 3.77. The van der Waals surface area contributed by atoms with Gasteiger partial charge < -0.3 is 4.90 Å². The Morgan fingerprint density at radius 1 is 1.00 bits per heavy atom. The van der Waals surface area contributed by atoms with Gasteiger partial charge in [-0.15, -0.1) is 0 Å². The molecule has 0 saturated carbocycles. The average Bonchev–Trinajstić information content (AvgIpc) is 2.30. The van der Waals surface area contributed by atoms with Gasteiger partial charge >= 0.3 is 0 Å². The summed E-state index contributed by atoms with van der Waals surface area (Å²) in [6.07, 6.45) is 1.79. The van der Waals surface area contributed by atoms with Crippen molar-refractivity contribution in [3.8, 4) is 11.1 Å². The lowest BCUT2D eigenvalue weighted by Crippen LogP contribution is -2.10. The largest absolute Gasteiger partial charge is 0.305 e. The van der Waals surface area contributed by atoms with E-state index in [4.69, 9.17) is 11.6 Å². The normalized spacial score (nSPS) is 10.8. The van der Waals surface area contributed by atoms with Crippen LogP contribution in [-0.4, -0.2) is 24.0 Å². The van der Waals surface area contributed by atoms with Crippen LogP contribution in [0.15, 0.2) is 42.6 Å². The number of hydrogen-bond donors (Lipinski definition) is 0. The van der Waals surface area contributed by atoms with Crippen LogP contribution >= 0.6 is 11.6 Å². The second kappa shape index (κ2) is 5.30. The molecule has 1 aromatic heterocycles. The van der Waals surface area contributed by atoms with Gasteiger partial charge in [0.2, 0.25) is 0 Å². The van der Waals surface area contributed by atoms with E-state index in [9.17, 15) is 0 Å². The smallest absolute Gasteiger partial charge is 0.129 e. The third kappa shape index (κ3) is 3.29. The highest BCUT2D eigenvalue weighted by Crippen LogP contribution is 2.20. The van der Waals surface area contributed by atoms with Gasteiger partial charge in [-0.2, -0.15) is 0 Å². The maximum Gasteiger partial charge on any atom is 0.129 e. The molecule has 0 atom stereocenters. The number of nitrogens with zero attached hydrogens (tertiary/aromatic N) is 2. The Balaban J connectivity index is 2.20. The van der Waals surface area contributed by atoms with Crippen LogP contribution in [0.25, 0.3) is 11.1 Å². The van der Waals surface area contributed by atoms with E-state index in [0.717, 1.165) is 17.7 Å². The first kappa shape index (κ1) is 12.1. The summed E-state index contributed by atoms with van der Waals surface area (Å²) in [6, 6.07) is 12.3. The van der Waals surface area contributed by atoms with E-state index < -0.39 is 0 Å². The summed E-state index contributed by atoms with van der Waals surface area (Å²) in [5, 5.41) is 0.526. The van der Waals surface area contributed by atoms with Crippen molar-refractivity contribution in [3.63, 3.8) is 0 Å². The average molecular weight is 247 g/mol. The van der Waals surface area contributed by atoms with Crippen molar-refractivity contribution < 1.29 is 0 Å². The molecule has 0 aliphatic heterocycles. The van der Waals surface area contributed by atoms with Gasteiger partial charge in [0.05, 0.1) is 0 Å². The maximum absolute atomic E-state index is 5.77. The summed E-state index contributed by atoms with van der Waals surface area (Å²) in [5.74, 6) is 0. The molecule has 0 aliphatic carbocycles. The van der Waals surface area contributed by atoms with Gasteiger partial charge in [-0.1, -0.05) is 35.9 Å². The molecule has 1 aromatic carbocycles. The maximum atomic E-state index is 5.77. The fourth-order valence-corrected chi connectivity index (χ4v) is 1.83. The molecule has 0 aliphatic rings. The number of benzene rings is 1. The Labute approximate surface area is 107 Å². The van der Waals surface area contributed by atoms with Crippen LogP contribution in [0.4, 0.5) is 0 Å². The first-order valence-electron chi connectivity index (χ1n) is 5.51. The minimum Gasteiger partial charge on any atom is -0.305 e. The molecular weight excluding hydrogens is 232 g/mol. The summed E-state index contributed by atoms with van der Waals surface area (Å²) < 4.78 is 0. The molecule has 0 bridgehead atoms. The molecular formula is C14H15ClN2. The topological polar surface area (TPSA) is 16.1 Å². The third-order valence-corrected chi connectivity index (χ3v) is 2.74. The monoisotopic (exact) mass is 246 g/mol. The molecule has 17 heavy (non-hydrogen) atoms. The Morgan fingerprint density at radius 3 is 2.18 bits per heavy atom. The fraction of sp³-hybridized carbons (Fsp3) is 0.214. The third-order valence-electron chi connectivity index (χ3n) is 2.51. The van der Waals surface area contributed by atoms with Crippen molar-refractivity contribution in [2.24, 2.45) is 0 Å². The lowest BCUT2D eigenvalue weighted by molar-refractivity contribution is 0.402. The zero-order valence-corrected chi connectivity index (χ0v) is 10.8. The molecule has 2 aromatic rings. The van der Waals surface area contributed by atoms with Crippen LogP contribution in [0.5, 0.6) is 0 Å². The molecule has 0 spiro atoms. The molecule has 0 radical (unpaired) electrons. The number of rotatable bonds is 3. The number of aromatic nitrogens is 1. The number of halogens is 1. The first-order chi connectivity index (χ1) is 8.15. The highest BCUT2D eigenvalue weighted by atomic mass is 35.5. The van der Waals surface area contributed by atoms with Gasteiger partial charge in [0.15, 0.2) is 0 Å². The summed E-state index contributed by atoms with van der Waals surface area (Å²) in [7, 11) is 4.13. The van der Waals surface area contributed by atoms with E-state index in [1.54, 1.807) is 6.20 Å². The zero-order chi connectivity index (χ0) is 12.3. The Hall–Kier alpha value is -1.38. The number of hydrogen-bond acceptors (Lipinski definition) is 2. The second-order valence-electron chi connectivity index (χ2n) is 4.30. The van der Waals surface area contributed by atoms with Crippen molar-refractivity contribution >= 4 is 11.6 Å². The van der Waals surface area contributed by atoms with Crippen LogP contribution in [-0.2, 0) is 6.54 Å².